The number of methoxy groups -OCH3 is 1. The van der Waals surface area contributed by atoms with Crippen LogP contribution in [0.5, 0.6) is 5.75 Å². The van der Waals surface area contributed by atoms with Gasteiger partial charge >= 0.3 is 10.2 Å². The molecule has 3 aromatic carbocycles. The van der Waals surface area contributed by atoms with Crippen LogP contribution in [0.15, 0.2) is 78.9 Å². The standard InChI is InChI=1S/C30H37FN4O5S/c1-22(2)32-30(37)28(19-23-12-7-6-8-13-23)34(20-24-14-11-15-25(18-24)40-5)29(36)21-35(41(38,39)33(3)4)27-17-10-9-16-26(27)31/h6-18,22,28H,19-21H2,1-5H3,(H,32,37)/t28-/m0/s1. The smallest absolute Gasteiger partial charge is 0.304 e. The highest BCUT2D eigenvalue weighted by Gasteiger charge is 2.35. The van der Waals surface area contributed by atoms with Crippen molar-refractivity contribution in [3.63, 3.8) is 0 Å². The van der Waals surface area contributed by atoms with Gasteiger partial charge in [0, 0.05) is 33.1 Å². The number of carbonyl (C=O) groups excluding carboxylic acids is 2. The summed E-state index contributed by atoms with van der Waals surface area (Å²) in [4.78, 5) is 29.1. The molecule has 0 fully saturated rings. The summed E-state index contributed by atoms with van der Waals surface area (Å²) in [5.74, 6) is -1.32. The van der Waals surface area contributed by atoms with E-state index >= 15 is 0 Å². The second-order valence-corrected chi connectivity index (χ2v) is 12.1. The molecular formula is C30H37FN4O5S. The van der Waals surface area contributed by atoms with Crippen LogP contribution in [0.3, 0.4) is 0 Å². The first-order chi connectivity index (χ1) is 19.4. The van der Waals surface area contributed by atoms with E-state index in [-0.39, 0.29) is 24.7 Å². The topological polar surface area (TPSA) is 99.3 Å². The van der Waals surface area contributed by atoms with Gasteiger partial charge in [0.25, 0.3) is 0 Å². The molecule has 0 saturated heterocycles. The Balaban J connectivity index is 2.12. The van der Waals surface area contributed by atoms with Gasteiger partial charge in [0.05, 0.1) is 12.8 Å². The predicted molar refractivity (Wildman–Crippen MR) is 157 cm³/mol. The molecule has 11 heteroatoms. The Morgan fingerprint density at radius 3 is 2.17 bits per heavy atom. The zero-order valence-electron chi connectivity index (χ0n) is 24.0. The van der Waals surface area contributed by atoms with E-state index in [1.54, 1.807) is 24.3 Å². The Hall–Kier alpha value is -3.96. The molecule has 3 aromatic rings. The fraction of sp³-hybridized carbons (Fsp3) is 0.333. The Labute approximate surface area is 241 Å². The second kappa shape index (κ2) is 14.1. The molecule has 41 heavy (non-hydrogen) atoms. The fourth-order valence-corrected chi connectivity index (χ4v) is 5.32. The summed E-state index contributed by atoms with van der Waals surface area (Å²) < 4.78 is 48.6. The van der Waals surface area contributed by atoms with Crippen molar-refractivity contribution in [3.8, 4) is 5.75 Å². The van der Waals surface area contributed by atoms with Gasteiger partial charge in [-0.1, -0.05) is 54.6 Å². The van der Waals surface area contributed by atoms with E-state index in [0.717, 1.165) is 20.2 Å². The Morgan fingerprint density at radius 2 is 1.56 bits per heavy atom. The van der Waals surface area contributed by atoms with Crippen molar-refractivity contribution in [2.75, 3.05) is 32.1 Å². The number of nitrogens with one attached hydrogen (secondary N) is 1. The number of anilines is 1. The Morgan fingerprint density at radius 1 is 0.927 bits per heavy atom. The molecule has 220 valence electrons. The van der Waals surface area contributed by atoms with Crippen molar-refractivity contribution in [1.82, 2.24) is 14.5 Å². The van der Waals surface area contributed by atoms with E-state index in [4.69, 9.17) is 4.74 Å². The molecule has 0 aliphatic carbocycles. The van der Waals surface area contributed by atoms with Gasteiger partial charge in [-0.3, -0.25) is 9.59 Å². The number of ether oxygens (including phenoxy) is 1. The fourth-order valence-electron chi connectivity index (χ4n) is 4.26. The molecule has 0 radical (unpaired) electrons. The number of rotatable bonds is 13. The molecule has 0 bridgehead atoms. The Bertz CT molecular complexity index is 1430. The van der Waals surface area contributed by atoms with Gasteiger partial charge in [0.2, 0.25) is 11.8 Å². The first-order valence-corrected chi connectivity index (χ1v) is 14.5. The SMILES string of the molecule is COc1cccc(CN(C(=O)CN(c2ccccc2F)S(=O)(=O)N(C)C)[C@@H](Cc2ccccc2)C(=O)NC(C)C)c1. The van der Waals surface area contributed by atoms with Gasteiger partial charge in [0.1, 0.15) is 24.2 Å². The van der Waals surface area contributed by atoms with E-state index in [0.29, 0.717) is 11.3 Å². The maximum Gasteiger partial charge on any atom is 0.304 e. The van der Waals surface area contributed by atoms with E-state index in [2.05, 4.69) is 5.32 Å². The number of hydrogen-bond donors (Lipinski definition) is 1. The van der Waals surface area contributed by atoms with Crippen LogP contribution in [0.1, 0.15) is 25.0 Å². The molecule has 0 aliphatic rings. The lowest BCUT2D eigenvalue weighted by Crippen LogP contribution is -2.55. The van der Waals surface area contributed by atoms with Crippen LogP contribution in [-0.4, -0.2) is 69.3 Å². The molecule has 0 unspecified atom stereocenters. The quantitative estimate of drug-likeness (QED) is 0.331. The van der Waals surface area contributed by atoms with E-state index in [1.165, 1.54) is 44.3 Å². The summed E-state index contributed by atoms with van der Waals surface area (Å²) in [6, 6.07) is 20.4. The lowest BCUT2D eigenvalue weighted by atomic mass is 10.0. The molecule has 2 amide bonds. The van der Waals surface area contributed by atoms with Gasteiger partial charge in [0.15, 0.2) is 0 Å². The number of carbonyl (C=O) groups is 2. The van der Waals surface area contributed by atoms with Crippen molar-refractivity contribution in [1.29, 1.82) is 0 Å². The van der Waals surface area contributed by atoms with E-state index < -0.39 is 40.4 Å². The van der Waals surface area contributed by atoms with E-state index in [1.807, 2.05) is 44.2 Å². The number of hydrogen-bond acceptors (Lipinski definition) is 5. The first-order valence-electron chi connectivity index (χ1n) is 13.2. The molecule has 0 aromatic heterocycles. The predicted octanol–water partition coefficient (Wildman–Crippen LogP) is 3.61. The minimum atomic E-state index is -4.29. The van der Waals surface area contributed by atoms with Crippen molar-refractivity contribution in [3.05, 3.63) is 95.8 Å². The maximum absolute atomic E-state index is 14.9. The molecule has 0 heterocycles. The van der Waals surface area contributed by atoms with Crippen molar-refractivity contribution < 1.29 is 27.1 Å². The summed E-state index contributed by atoms with van der Waals surface area (Å²) in [6.45, 7) is 2.88. The molecule has 1 N–H and O–H groups in total. The third-order valence-electron chi connectivity index (χ3n) is 6.33. The normalized spacial score (nSPS) is 12.2. The van der Waals surface area contributed by atoms with Crippen LogP contribution in [0.2, 0.25) is 0 Å². The van der Waals surface area contributed by atoms with Crippen molar-refractivity contribution in [2.24, 2.45) is 0 Å². The van der Waals surface area contributed by atoms with Crippen LogP contribution in [0, 0.1) is 5.82 Å². The molecular weight excluding hydrogens is 547 g/mol. The number of halogens is 1. The van der Waals surface area contributed by atoms with Gasteiger partial charge in [-0.25, -0.2) is 8.70 Å². The average molecular weight is 585 g/mol. The summed E-state index contributed by atoms with van der Waals surface area (Å²) in [6.07, 6.45) is 0.176. The highest BCUT2D eigenvalue weighted by atomic mass is 32.2. The first kappa shape index (κ1) is 31.6. The van der Waals surface area contributed by atoms with Gasteiger partial charge in [-0.05, 0) is 49.2 Å². The summed E-state index contributed by atoms with van der Waals surface area (Å²) in [7, 11) is -0.166. The molecule has 9 nitrogen and oxygen atoms in total. The minimum absolute atomic E-state index is 0.0217. The van der Waals surface area contributed by atoms with Crippen LogP contribution in [0.4, 0.5) is 10.1 Å². The largest absolute Gasteiger partial charge is 0.497 e. The average Bonchev–Trinajstić information content (AvgIpc) is 2.94. The lowest BCUT2D eigenvalue weighted by molar-refractivity contribution is -0.140. The van der Waals surface area contributed by atoms with Gasteiger partial charge in [-0.2, -0.15) is 12.7 Å². The third kappa shape index (κ3) is 8.27. The molecule has 0 saturated carbocycles. The number of amides is 2. The van der Waals surface area contributed by atoms with Gasteiger partial charge < -0.3 is 15.0 Å². The summed E-state index contributed by atoms with van der Waals surface area (Å²) in [5.41, 5.74) is 1.20. The van der Waals surface area contributed by atoms with Gasteiger partial charge in [-0.15, -0.1) is 0 Å². The van der Waals surface area contributed by atoms with E-state index in [9.17, 15) is 22.4 Å². The number of para-hydroxylation sites is 1. The highest BCUT2D eigenvalue weighted by Crippen LogP contribution is 2.25. The molecule has 1 atom stereocenters. The number of benzene rings is 3. The highest BCUT2D eigenvalue weighted by molar-refractivity contribution is 7.90. The van der Waals surface area contributed by atoms with Crippen LogP contribution in [0.25, 0.3) is 0 Å². The summed E-state index contributed by atoms with van der Waals surface area (Å²) in [5, 5.41) is 2.89. The third-order valence-corrected chi connectivity index (χ3v) is 8.13. The summed E-state index contributed by atoms with van der Waals surface area (Å²) >= 11 is 0. The minimum Gasteiger partial charge on any atom is -0.497 e. The van der Waals surface area contributed by atoms with Crippen LogP contribution in [-0.2, 0) is 32.8 Å². The zero-order chi connectivity index (χ0) is 30.2. The maximum atomic E-state index is 14.9. The van der Waals surface area contributed by atoms with Crippen molar-refractivity contribution >= 4 is 27.7 Å². The second-order valence-electron chi connectivity index (χ2n) is 9.99. The van der Waals surface area contributed by atoms with Crippen LogP contribution < -0.4 is 14.4 Å². The zero-order valence-corrected chi connectivity index (χ0v) is 24.8. The molecule has 0 spiro atoms. The molecule has 3 rings (SSSR count). The number of nitrogens with zero attached hydrogens (tertiary/aromatic N) is 3. The van der Waals surface area contributed by atoms with Crippen molar-refractivity contribution in [2.45, 2.75) is 38.9 Å². The van der Waals surface area contributed by atoms with Crippen LogP contribution >= 0.6 is 0 Å². The molecule has 0 aliphatic heterocycles. The lowest BCUT2D eigenvalue weighted by Gasteiger charge is -2.34. The monoisotopic (exact) mass is 584 g/mol. The Kier molecular flexibility index (Phi) is 10.8.